The lowest BCUT2D eigenvalue weighted by molar-refractivity contribution is 0.0581. The minimum atomic E-state index is -0.505. The fourth-order valence-electron chi connectivity index (χ4n) is 3.21. The lowest BCUT2D eigenvalue weighted by atomic mass is 10.1. The highest BCUT2D eigenvalue weighted by Crippen LogP contribution is 2.32. The van der Waals surface area contributed by atoms with Gasteiger partial charge in [-0.2, -0.15) is 0 Å². The summed E-state index contributed by atoms with van der Waals surface area (Å²) in [6.07, 6.45) is 5.17. The molecular formula is C19H31N3O2. The summed E-state index contributed by atoms with van der Waals surface area (Å²) in [4.78, 5) is 21.0. The van der Waals surface area contributed by atoms with Crippen LogP contribution in [0.4, 0.5) is 10.6 Å². The van der Waals surface area contributed by atoms with Gasteiger partial charge in [0.2, 0.25) is 0 Å². The van der Waals surface area contributed by atoms with Crippen molar-refractivity contribution in [2.24, 2.45) is 0 Å². The third-order valence-electron chi connectivity index (χ3n) is 4.24. The molecule has 134 valence electrons. The first kappa shape index (κ1) is 18.7. The van der Waals surface area contributed by atoms with Gasteiger partial charge in [-0.05, 0) is 71.7 Å². The number of anilines is 1. The van der Waals surface area contributed by atoms with Gasteiger partial charge in [-0.1, -0.05) is 13.0 Å². The molecule has 2 heterocycles. The second-order valence-corrected chi connectivity index (χ2v) is 7.37. The Morgan fingerprint density at radius 3 is 2.67 bits per heavy atom. The number of ether oxygens (including phenoxy) is 1. The van der Waals surface area contributed by atoms with Crippen LogP contribution in [0.5, 0.6) is 0 Å². The van der Waals surface area contributed by atoms with E-state index in [4.69, 9.17) is 4.74 Å². The van der Waals surface area contributed by atoms with E-state index in [-0.39, 0.29) is 6.09 Å². The smallest absolute Gasteiger partial charge is 0.415 e. The van der Waals surface area contributed by atoms with E-state index in [0.29, 0.717) is 18.4 Å². The van der Waals surface area contributed by atoms with Crippen LogP contribution >= 0.6 is 0 Å². The molecule has 0 N–H and O–H groups in total. The summed E-state index contributed by atoms with van der Waals surface area (Å²) in [5.41, 5.74) is 0.736. The normalized spacial score (nSPS) is 18.6. The monoisotopic (exact) mass is 333 g/mol. The molecule has 0 saturated carbocycles. The quantitative estimate of drug-likeness (QED) is 0.801. The molecule has 2 rings (SSSR count). The van der Waals surface area contributed by atoms with E-state index in [9.17, 15) is 4.79 Å². The molecule has 5 nitrogen and oxygen atoms in total. The molecule has 0 spiro atoms. The summed E-state index contributed by atoms with van der Waals surface area (Å²) in [6.45, 7) is 12.6. The van der Waals surface area contributed by atoms with Crippen molar-refractivity contribution in [1.29, 1.82) is 0 Å². The maximum atomic E-state index is 12.3. The zero-order chi connectivity index (χ0) is 17.7. The van der Waals surface area contributed by atoms with Crippen LogP contribution in [0.3, 0.4) is 0 Å². The van der Waals surface area contributed by atoms with Crippen molar-refractivity contribution in [3.05, 3.63) is 23.9 Å². The first-order chi connectivity index (χ1) is 11.4. The maximum Gasteiger partial charge on any atom is 0.415 e. The van der Waals surface area contributed by atoms with Gasteiger partial charge in [0, 0.05) is 18.8 Å². The summed E-state index contributed by atoms with van der Waals surface area (Å²) in [7, 11) is 0. The third-order valence-corrected chi connectivity index (χ3v) is 4.24. The number of likely N-dealkylation sites (tertiary alicyclic amines) is 1. The minimum Gasteiger partial charge on any atom is -0.443 e. The van der Waals surface area contributed by atoms with Crippen LogP contribution in [-0.4, -0.2) is 41.2 Å². The molecule has 1 aromatic heterocycles. The molecule has 5 heteroatoms. The van der Waals surface area contributed by atoms with Gasteiger partial charge >= 0.3 is 6.09 Å². The summed E-state index contributed by atoms with van der Waals surface area (Å²) in [6, 6.07) is 4.50. The predicted octanol–water partition coefficient (Wildman–Crippen LogP) is 4.39. The fourth-order valence-corrected chi connectivity index (χ4v) is 3.21. The maximum absolute atomic E-state index is 12.3. The zero-order valence-electron chi connectivity index (χ0n) is 15.7. The average molecular weight is 333 g/mol. The SMILES string of the molecule is CCCN1CCCC1c1ccc(N(CC)C(=O)OC(C)(C)C)nc1. The number of rotatable bonds is 5. The van der Waals surface area contributed by atoms with Crippen LogP contribution in [-0.2, 0) is 4.74 Å². The van der Waals surface area contributed by atoms with Crippen LogP contribution in [0.1, 0.15) is 65.5 Å². The van der Waals surface area contributed by atoms with Crippen molar-refractivity contribution in [2.75, 3.05) is 24.5 Å². The molecule has 1 aromatic rings. The minimum absolute atomic E-state index is 0.348. The average Bonchev–Trinajstić information content (AvgIpc) is 2.95. The number of amides is 1. The lowest BCUT2D eigenvalue weighted by Crippen LogP contribution is -2.37. The van der Waals surface area contributed by atoms with Crippen molar-refractivity contribution >= 4 is 11.9 Å². The summed E-state index contributed by atoms with van der Waals surface area (Å²) >= 11 is 0. The second kappa shape index (κ2) is 7.97. The Balaban J connectivity index is 2.11. The van der Waals surface area contributed by atoms with Gasteiger partial charge in [0.1, 0.15) is 11.4 Å². The summed E-state index contributed by atoms with van der Waals surface area (Å²) < 4.78 is 5.46. The molecule has 1 unspecified atom stereocenters. The highest BCUT2D eigenvalue weighted by atomic mass is 16.6. The van der Waals surface area contributed by atoms with Gasteiger partial charge < -0.3 is 4.74 Å². The van der Waals surface area contributed by atoms with Gasteiger partial charge in [-0.15, -0.1) is 0 Å². The standard InChI is InChI=1S/C19H31N3O2/c1-6-12-21-13-8-9-16(21)15-10-11-17(20-14-15)22(7-2)18(23)24-19(3,4)5/h10-11,14,16H,6-9,12-13H2,1-5H3. The Morgan fingerprint density at radius 2 is 2.12 bits per heavy atom. The molecule has 1 saturated heterocycles. The van der Waals surface area contributed by atoms with Gasteiger partial charge in [0.25, 0.3) is 0 Å². The van der Waals surface area contributed by atoms with Crippen molar-refractivity contribution in [3.8, 4) is 0 Å². The van der Waals surface area contributed by atoms with Crippen molar-refractivity contribution in [1.82, 2.24) is 9.88 Å². The Kier molecular flexibility index (Phi) is 6.21. The van der Waals surface area contributed by atoms with Crippen molar-refractivity contribution < 1.29 is 9.53 Å². The highest BCUT2D eigenvalue weighted by molar-refractivity contribution is 5.86. The molecule has 24 heavy (non-hydrogen) atoms. The number of aromatic nitrogens is 1. The molecule has 1 aliphatic heterocycles. The van der Waals surface area contributed by atoms with E-state index < -0.39 is 5.60 Å². The van der Waals surface area contributed by atoms with Crippen molar-refractivity contribution in [2.45, 2.75) is 65.5 Å². The number of carbonyl (C=O) groups excluding carboxylic acids is 1. The molecular weight excluding hydrogens is 302 g/mol. The van der Waals surface area contributed by atoms with Gasteiger partial charge in [-0.25, -0.2) is 9.78 Å². The fraction of sp³-hybridized carbons (Fsp3) is 0.684. The van der Waals surface area contributed by atoms with Gasteiger partial charge in [0.15, 0.2) is 0 Å². The molecule has 1 amide bonds. The Morgan fingerprint density at radius 1 is 1.38 bits per heavy atom. The van der Waals surface area contributed by atoms with Crippen LogP contribution in [0.15, 0.2) is 18.3 Å². The Hall–Kier alpha value is -1.62. The topological polar surface area (TPSA) is 45.7 Å². The first-order valence-electron chi connectivity index (χ1n) is 9.06. The molecule has 1 aliphatic rings. The van der Waals surface area contributed by atoms with E-state index in [2.05, 4.69) is 22.9 Å². The third kappa shape index (κ3) is 4.69. The van der Waals surface area contributed by atoms with E-state index in [1.165, 1.54) is 31.4 Å². The Bertz CT molecular complexity index is 537. The van der Waals surface area contributed by atoms with Crippen LogP contribution in [0, 0.1) is 0 Å². The molecule has 0 aromatic carbocycles. The Labute approximate surface area is 146 Å². The molecule has 1 atom stereocenters. The lowest BCUT2D eigenvalue weighted by Gasteiger charge is -2.27. The molecule has 0 bridgehead atoms. The number of hydrogen-bond donors (Lipinski definition) is 0. The van der Waals surface area contributed by atoms with Crippen LogP contribution in [0.2, 0.25) is 0 Å². The van der Waals surface area contributed by atoms with E-state index in [1.807, 2.05) is 40.0 Å². The second-order valence-electron chi connectivity index (χ2n) is 7.37. The van der Waals surface area contributed by atoms with Crippen LogP contribution < -0.4 is 4.90 Å². The number of nitrogens with zero attached hydrogens (tertiary/aromatic N) is 3. The summed E-state index contributed by atoms with van der Waals surface area (Å²) in [5.74, 6) is 0.649. The van der Waals surface area contributed by atoms with Crippen LogP contribution in [0.25, 0.3) is 0 Å². The molecule has 1 fully saturated rings. The first-order valence-corrected chi connectivity index (χ1v) is 9.06. The number of carbonyl (C=O) groups is 1. The molecule has 0 radical (unpaired) electrons. The van der Waals surface area contributed by atoms with Gasteiger partial charge in [-0.3, -0.25) is 9.80 Å². The van der Waals surface area contributed by atoms with E-state index in [1.54, 1.807) is 4.90 Å². The number of hydrogen-bond acceptors (Lipinski definition) is 4. The zero-order valence-corrected chi connectivity index (χ0v) is 15.7. The highest BCUT2D eigenvalue weighted by Gasteiger charge is 2.26. The van der Waals surface area contributed by atoms with E-state index >= 15 is 0 Å². The largest absolute Gasteiger partial charge is 0.443 e. The molecule has 0 aliphatic carbocycles. The number of pyridine rings is 1. The van der Waals surface area contributed by atoms with Crippen molar-refractivity contribution in [3.63, 3.8) is 0 Å². The van der Waals surface area contributed by atoms with Gasteiger partial charge in [0.05, 0.1) is 0 Å². The summed E-state index contributed by atoms with van der Waals surface area (Å²) in [5, 5.41) is 0. The predicted molar refractivity (Wildman–Crippen MR) is 97.3 cm³/mol. The van der Waals surface area contributed by atoms with E-state index in [0.717, 1.165) is 6.54 Å².